The van der Waals surface area contributed by atoms with Crippen molar-refractivity contribution in [2.24, 2.45) is 0 Å². The Hall–Kier alpha value is -0.610. The van der Waals surface area contributed by atoms with Crippen molar-refractivity contribution in [2.45, 2.75) is 25.9 Å². The molecule has 0 radical (unpaired) electrons. The second kappa shape index (κ2) is 2.21. The van der Waals surface area contributed by atoms with Crippen LogP contribution >= 0.6 is 0 Å². The predicted octanol–water partition coefficient (Wildman–Crippen LogP) is -0.0664. The quantitative estimate of drug-likeness (QED) is 0.468. The number of nitrogens with zero attached hydrogens (tertiary/aromatic N) is 1. The zero-order valence-corrected chi connectivity index (χ0v) is 6.22. The van der Waals surface area contributed by atoms with E-state index in [1.807, 2.05) is 0 Å². The fourth-order valence-corrected chi connectivity index (χ4v) is 0.968. The van der Waals surface area contributed by atoms with E-state index < -0.39 is 5.66 Å². The summed E-state index contributed by atoms with van der Waals surface area (Å²) >= 11 is 0. The van der Waals surface area contributed by atoms with Gasteiger partial charge in [-0.1, -0.05) is 0 Å². The lowest BCUT2D eigenvalue weighted by atomic mass is 10.1. The molecule has 1 heterocycles. The number of hydrogen-bond acceptors (Lipinski definition) is 3. The lowest BCUT2D eigenvalue weighted by Gasteiger charge is -2.37. The van der Waals surface area contributed by atoms with E-state index in [0.29, 0.717) is 13.0 Å². The van der Waals surface area contributed by atoms with Gasteiger partial charge in [-0.2, -0.15) is 0 Å². The Labute approximate surface area is 59.8 Å². The van der Waals surface area contributed by atoms with Crippen LogP contribution in [0.5, 0.6) is 0 Å². The van der Waals surface area contributed by atoms with Gasteiger partial charge in [-0.25, -0.2) is 5.06 Å². The highest BCUT2D eigenvalue weighted by molar-refractivity contribution is 5.76. The van der Waals surface area contributed by atoms with Crippen molar-refractivity contribution in [1.82, 2.24) is 10.4 Å². The molecule has 0 unspecified atom stereocenters. The maximum absolute atomic E-state index is 10.8. The van der Waals surface area contributed by atoms with Crippen LogP contribution in [0.2, 0.25) is 0 Å². The Bertz CT molecular complexity index is 156. The number of nitrogens with one attached hydrogen (secondary N) is 1. The summed E-state index contributed by atoms with van der Waals surface area (Å²) in [7, 11) is 0. The van der Waals surface area contributed by atoms with E-state index in [1.54, 1.807) is 13.8 Å². The number of rotatable bonds is 0. The maximum atomic E-state index is 10.8. The molecule has 0 bridgehead atoms. The number of carbonyl (C=O) groups excluding carboxylic acids is 1. The molecule has 1 aliphatic heterocycles. The molecule has 0 atom stereocenters. The van der Waals surface area contributed by atoms with Crippen molar-refractivity contribution in [3.05, 3.63) is 0 Å². The molecule has 2 N–H and O–H groups in total. The molecule has 0 aliphatic carbocycles. The van der Waals surface area contributed by atoms with E-state index in [4.69, 9.17) is 5.21 Å². The molecule has 0 saturated carbocycles. The van der Waals surface area contributed by atoms with Gasteiger partial charge in [0.15, 0.2) is 0 Å². The molecule has 0 spiro atoms. The average Bonchev–Trinajstić information content (AvgIpc) is 1.83. The van der Waals surface area contributed by atoms with Crippen molar-refractivity contribution in [3.8, 4) is 0 Å². The van der Waals surface area contributed by atoms with Crippen molar-refractivity contribution < 1.29 is 10.0 Å². The molecule has 1 aliphatic rings. The van der Waals surface area contributed by atoms with Gasteiger partial charge in [0.1, 0.15) is 5.66 Å². The van der Waals surface area contributed by atoms with Crippen LogP contribution in [-0.4, -0.2) is 28.4 Å². The van der Waals surface area contributed by atoms with Gasteiger partial charge in [0.05, 0.1) is 0 Å². The lowest BCUT2D eigenvalue weighted by Crippen LogP contribution is -2.60. The second-order valence-electron chi connectivity index (χ2n) is 2.94. The Morgan fingerprint density at radius 2 is 2.30 bits per heavy atom. The summed E-state index contributed by atoms with van der Waals surface area (Å²) in [5.41, 5.74) is -0.602. The molecule has 0 aromatic carbocycles. The topological polar surface area (TPSA) is 52.6 Å². The molecule has 0 aromatic heterocycles. The molecule has 1 saturated heterocycles. The highest BCUT2D eigenvalue weighted by Gasteiger charge is 2.32. The summed E-state index contributed by atoms with van der Waals surface area (Å²) in [4.78, 5) is 10.8. The van der Waals surface area contributed by atoms with Gasteiger partial charge < -0.3 is 0 Å². The van der Waals surface area contributed by atoms with Crippen molar-refractivity contribution in [2.75, 3.05) is 6.54 Å². The fourth-order valence-electron chi connectivity index (χ4n) is 0.968. The summed E-state index contributed by atoms with van der Waals surface area (Å²) < 4.78 is 0. The van der Waals surface area contributed by atoms with E-state index in [-0.39, 0.29) is 5.91 Å². The van der Waals surface area contributed by atoms with Gasteiger partial charge in [-0.3, -0.25) is 15.3 Å². The smallest absolute Gasteiger partial charge is 0.248 e. The van der Waals surface area contributed by atoms with Crippen molar-refractivity contribution in [1.29, 1.82) is 0 Å². The molecule has 1 fully saturated rings. The Balaban J connectivity index is 2.69. The largest absolute Gasteiger partial charge is 0.293 e. The minimum absolute atomic E-state index is 0.219. The summed E-state index contributed by atoms with van der Waals surface area (Å²) in [5.74, 6) is -0.219. The standard InChI is InChI=1S/C6H12N2O2/c1-6(2)7-4-3-5(9)8(6)10/h7,10H,3-4H2,1-2H3. The number of amides is 1. The second-order valence-corrected chi connectivity index (χ2v) is 2.94. The first-order valence-electron chi connectivity index (χ1n) is 3.31. The molecule has 10 heavy (non-hydrogen) atoms. The van der Waals surface area contributed by atoms with Crippen LogP contribution in [-0.2, 0) is 4.79 Å². The summed E-state index contributed by atoms with van der Waals surface area (Å²) in [6.45, 7) is 4.15. The van der Waals surface area contributed by atoms with Crippen LogP contribution < -0.4 is 5.32 Å². The van der Waals surface area contributed by atoms with E-state index in [1.165, 1.54) is 0 Å². The van der Waals surface area contributed by atoms with Gasteiger partial charge in [-0.15, -0.1) is 0 Å². The third kappa shape index (κ3) is 1.12. The van der Waals surface area contributed by atoms with Crippen molar-refractivity contribution in [3.63, 3.8) is 0 Å². The third-order valence-corrected chi connectivity index (χ3v) is 1.66. The van der Waals surface area contributed by atoms with E-state index in [9.17, 15) is 4.79 Å². The lowest BCUT2D eigenvalue weighted by molar-refractivity contribution is -0.201. The van der Waals surface area contributed by atoms with E-state index in [2.05, 4.69) is 5.32 Å². The van der Waals surface area contributed by atoms with Crippen LogP contribution in [0, 0.1) is 0 Å². The first kappa shape index (κ1) is 7.50. The summed E-state index contributed by atoms with van der Waals surface area (Å²) in [5, 5.41) is 12.9. The Morgan fingerprint density at radius 3 is 2.70 bits per heavy atom. The molecular weight excluding hydrogens is 132 g/mol. The van der Waals surface area contributed by atoms with Crippen LogP contribution in [0.3, 0.4) is 0 Å². The molecule has 1 rings (SSSR count). The maximum Gasteiger partial charge on any atom is 0.248 e. The van der Waals surface area contributed by atoms with E-state index >= 15 is 0 Å². The summed E-state index contributed by atoms with van der Waals surface area (Å²) in [6.07, 6.45) is 0.375. The monoisotopic (exact) mass is 144 g/mol. The van der Waals surface area contributed by atoms with Gasteiger partial charge in [0, 0.05) is 13.0 Å². The fraction of sp³-hybridized carbons (Fsp3) is 0.833. The van der Waals surface area contributed by atoms with Crippen molar-refractivity contribution >= 4 is 5.91 Å². The minimum atomic E-state index is -0.602. The van der Waals surface area contributed by atoms with Gasteiger partial charge in [-0.05, 0) is 13.8 Å². The van der Waals surface area contributed by atoms with Crippen LogP contribution in [0.4, 0.5) is 0 Å². The van der Waals surface area contributed by atoms with Gasteiger partial charge in [0.25, 0.3) is 0 Å². The third-order valence-electron chi connectivity index (χ3n) is 1.66. The first-order valence-corrected chi connectivity index (χ1v) is 3.31. The molecule has 4 nitrogen and oxygen atoms in total. The Morgan fingerprint density at radius 1 is 1.70 bits per heavy atom. The summed E-state index contributed by atoms with van der Waals surface area (Å²) in [6, 6.07) is 0. The highest BCUT2D eigenvalue weighted by atomic mass is 16.5. The molecular formula is C6H12N2O2. The zero-order chi connectivity index (χ0) is 7.78. The number of hydroxylamine groups is 2. The Kier molecular flexibility index (Phi) is 1.66. The van der Waals surface area contributed by atoms with Crippen LogP contribution in [0.25, 0.3) is 0 Å². The SMILES string of the molecule is CC1(C)NCCC(=O)N1O. The number of hydrogen-bond donors (Lipinski definition) is 2. The van der Waals surface area contributed by atoms with Crippen LogP contribution in [0.15, 0.2) is 0 Å². The van der Waals surface area contributed by atoms with Gasteiger partial charge >= 0.3 is 0 Å². The van der Waals surface area contributed by atoms with Gasteiger partial charge in [0.2, 0.25) is 5.91 Å². The van der Waals surface area contributed by atoms with E-state index in [0.717, 1.165) is 5.06 Å². The normalized spacial score (nSPS) is 25.1. The number of carbonyl (C=O) groups is 1. The average molecular weight is 144 g/mol. The van der Waals surface area contributed by atoms with Crippen LogP contribution in [0.1, 0.15) is 20.3 Å². The molecule has 0 aromatic rings. The highest BCUT2D eigenvalue weighted by Crippen LogP contribution is 2.12. The zero-order valence-electron chi connectivity index (χ0n) is 6.22. The minimum Gasteiger partial charge on any atom is -0.293 e. The molecule has 4 heteroatoms. The first-order chi connectivity index (χ1) is 4.54. The molecule has 58 valence electrons. The predicted molar refractivity (Wildman–Crippen MR) is 35.3 cm³/mol. The molecule has 1 amide bonds.